The quantitative estimate of drug-likeness (QED) is 0.843. The van der Waals surface area contributed by atoms with Crippen molar-refractivity contribution in [3.63, 3.8) is 0 Å². The van der Waals surface area contributed by atoms with Crippen LogP contribution in [0.1, 0.15) is 24.2 Å². The summed E-state index contributed by atoms with van der Waals surface area (Å²) >= 11 is 0. The molecule has 0 bridgehead atoms. The molecule has 4 nitrogen and oxygen atoms in total. The third kappa shape index (κ3) is 2.58. The van der Waals surface area contributed by atoms with Crippen LogP contribution in [0.4, 0.5) is 5.69 Å². The average molecular weight is 235 g/mol. The first kappa shape index (κ1) is 11.9. The maximum atomic E-state index is 10.9. The number of carboxylic acids is 1. The number of rotatable bonds is 3. The van der Waals surface area contributed by atoms with E-state index in [1.807, 2.05) is 6.07 Å². The Morgan fingerprint density at radius 1 is 1.53 bits per heavy atom. The lowest BCUT2D eigenvalue weighted by atomic mass is 9.88. The molecule has 0 aliphatic carbocycles. The van der Waals surface area contributed by atoms with Gasteiger partial charge in [-0.15, -0.1) is 0 Å². The Hall–Kier alpha value is -1.55. The highest BCUT2D eigenvalue weighted by molar-refractivity contribution is 5.88. The highest BCUT2D eigenvalue weighted by Gasteiger charge is 2.35. The van der Waals surface area contributed by atoms with Gasteiger partial charge in [-0.25, -0.2) is 4.79 Å². The molecule has 1 saturated heterocycles. The van der Waals surface area contributed by atoms with E-state index in [9.17, 15) is 4.79 Å². The first-order valence-corrected chi connectivity index (χ1v) is 5.67. The van der Waals surface area contributed by atoms with E-state index in [-0.39, 0.29) is 11.5 Å². The first-order chi connectivity index (χ1) is 7.99. The molecule has 1 heterocycles. The van der Waals surface area contributed by atoms with E-state index < -0.39 is 5.97 Å². The molecule has 1 aliphatic heterocycles. The summed E-state index contributed by atoms with van der Waals surface area (Å²) in [7, 11) is 0. The van der Waals surface area contributed by atoms with Crippen LogP contribution in [-0.2, 0) is 4.74 Å². The van der Waals surface area contributed by atoms with Crippen LogP contribution in [0.25, 0.3) is 0 Å². The van der Waals surface area contributed by atoms with Crippen molar-refractivity contribution in [3.05, 3.63) is 29.8 Å². The molecular weight excluding hydrogens is 218 g/mol. The number of hydrogen-bond acceptors (Lipinski definition) is 3. The van der Waals surface area contributed by atoms with Crippen LogP contribution >= 0.6 is 0 Å². The van der Waals surface area contributed by atoms with E-state index in [2.05, 4.69) is 19.2 Å². The molecule has 1 unspecified atom stereocenters. The molecule has 0 spiro atoms. The van der Waals surface area contributed by atoms with Crippen LogP contribution in [0.5, 0.6) is 0 Å². The molecule has 2 rings (SSSR count). The molecule has 0 aromatic heterocycles. The van der Waals surface area contributed by atoms with Crippen molar-refractivity contribution in [2.45, 2.75) is 19.9 Å². The van der Waals surface area contributed by atoms with Crippen LogP contribution in [0, 0.1) is 5.41 Å². The second kappa shape index (κ2) is 4.37. The fraction of sp³-hybridized carbons (Fsp3) is 0.462. The number of benzene rings is 1. The summed E-state index contributed by atoms with van der Waals surface area (Å²) in [6.45, 7) is 5.66. The van der Waals surface area contributed by atoms with Crippen molar-refractivity contribution in [2.24, 2.45) is 5.41 Å². The Morgan fingerprint density at radius 3 is 2.88 bits per heavy atom. The molecule has 1 aromatic carbocycles. The molecule has 4 heteroatoms. The zero-order chi connectivity index (χ0) is 12.5. The Kier molecular flexibility index (Phi) is 3.07. The molecule has 17 heavy (non-hydrogen) atoms. The Morgan fingerprint density at radius 2 is 2.29 bits per heavy atom. The molecule has 1 aromatic rings. The second-order valence-corrected chi connectivity index (χ2v) is 5.09. The van der Waals surface area contributed by atoms with E-state index in [0.29, 0.717) is 12.2 Å². The average Bonchev–Trinajstić information content (AvgIpc) is 2.59. The number of ether oxygens (including phenoxy) is 1. The normalized spacial score (nSPS) is 22.4. The van der Waals surface area contributed by atoms with Gasteiger partial charge in [-0.1, -0.05) is 19.9 Å². The molecule has 92 valence electrons. The minimum Gasteiger partial charge on any atom is -0.478 e. The largest absolute Gasteiger partial charge is 0.478 e. The van der Waals surface area contributed by atoms with Gasteiger partial charge < -0.3 is 15.2 Å². The van der Waals surface area contributed by atoms with Gasteiger partial charge in [-0.2, -0.15) is 0 Å². The fourth-order valence-electron chi connectivity index (χ4n) is 1.95. The van der Waals surface area contributed by atoms with Crippen molar-refractivity contribution in [2.75, 3.05) is 18.5 Å². The first-order valence-electron chi connectivity index (χ1n) is 5.67. The summed E-state index contributed by atoms with van der Waals surface area (Å²) < 4.78 is 5.44. The van der Waals surface area contributed by atoms with Gasteiger partial charge in [0.05, 0.1) is 24.8 Å². The second-order valence-electron chi connectivity index (χ2n) is 5.09. The van der Waals surface area contributed by atoms with E-state index in [0.717, 1.165) is 12.3 Å². The molecule has 0 radical (unpaired) electrons. The number of carboxylic acid groups (broad SMARTS) is 1. The smallest absolute Gasteiger partial charge is 0.335 e. The van der Waals surface area contributed by atoms with Gasteiger partial charge in [0.1, 0.15) is 0 Å². The Bertz CT molecular complexity index is 428. The minimum absolute atomic E-state index is 0.0687. The van der Waals surface area contributed by atoms with E-state index in [4.69, 9.17) is 9.84 Å². The molecule has 1 fully saturated rings. The molecular formula is C13H17NO3. The summed E-state index contributed by atoms with van der Waals surface area (Å²) in [5.41, 5.74) is 1.19. The van der Waals surface area contributed by atoms with Crippen LogP contribution in [0.3, 0.4) is 0 Å². The number of aromatic carboxylic acids is 1. The van der Waals surface area contributed by atoms with Gasteiger partial charge in [-0.3, -0.25) is 0 Å². The summed E-state index contributed by atoms with van der Waals surface area (Å²) in [5.74, 6) is -0.907. The summed E-state index contributed by atoms with van der Waals surface area (Å²) in [6, 6.07) is 7.07. The number of carbonyl (C=O) groups is 1. The Balaban J connectivity index is 2.13. The summed E-state index contributed by atoms with van der Waals surface area (Å²) in [4.78, 5) is 10.9. The van der Waals surface area contributed by atoms with Gasteiger partial charge in [0, 0.05) is 11.1 Å². The van der Waals surface area contributed by atoms with Gasteiger partial charge in [0.25, 0.3) is 0 Å². The van der Waals surface area contributed by atoms with Crippen LogP contribution in [-0.4, -0.2) is 30.3 Å². The highest BCUT2D eigenvalue weighted by Crippen LogP contribution is 2.30. The van der Waals surface area contributed by atoms with Crippen LogP contribution < -0.4 is 5.32 Å². The highest BCUT2D eigenvalue weighted by atomic mass is 16.5. The van der Waals surface area contributed by atoms with Crippen molar-refractivity contribution in [1.29, 1.82) is 0 Å². The summed E-state index contributed by atoms with van der Waals surface area (Å²) in [5, 5.41) is 12.3. The Labute approximate surface area is 101 Å². The topological polar surface area (TPSA) is 58.6 Å². The lowest BCUT2D eigenvalue weighted by Gasteiger charge is -2.26. The number of hydrogen-bond donors (Lipinski definition) is 2. The zero-order valence-corrected chi connectivity index (χ0v) is 10.1. The van der Waals surface area contributed by atoms with Crippen LogP contribution in [0.2, 0.25) is 0 Å². The molecule has 0 saturated carbocycles. The van der Waals surface area contributed by atoms with Gasteiger partial charge in [-0.05, 0) is 18.2 Å². The van der Waals surface area contributed by atoms with Crippen molar-refractivity contribution >= 4 is 11.7 Å². The van der Waals surface area contributed by atoms with Crippen LogP contribution in [0.15, 0.2) is 24.3 Å². The van der Waals surface area contributed by atoms with Crippen molar-refractivity contribution in [1.82, 2.24) is 0 Å². The predicted octanol–water partition coefficient (Wildman–Crippen LogP) is 2.22. The van der Waals surface area contributed by atoms with Gasteiger partial charge in [0.15, 0.2) is 0 Å². The van der Waals surface area contributed by atoms with Gasteiger partial charge in [0.2, 0.25) is 0 Å². The van der Waals surface area contributed by atoms with Crippen molar-refractivity contribution < 1.29 is 14.6 Å². The number of anilines is 1. The van der Waals surface area contributed by atoms with E-state index in [1.54, 1.807) is 18.2 Å². The zero-order valence-electron chi connectivity index (χ0n) is 10.1. The van der Waals surface area contributed by atoms with Gasteiger partial charge >= 0.3 is 5.97 Å². The summed E-state index contributed by atoms with van der Waals surface area (Å²) in [6.07, 6.45) is 0. The molecule has 1 atom stereocenters. The third-order valence-corrected chi connectivity index (χ3v) is 3.15. The minimum atomic E-state index is -0.907. The number of nitrogens with one attached hydrogen (secondary N) is 1. The third-order valence-electron chi connectivity index (χ3n) is 3.15. The predicted molar refractivity (Wildman–Crippen MR) is 65.4 cm³/mol. The SMILES string of the molecule is CC1(C)COCC1Nc1cccc(C(=O)O)c1. The maximum Gasteiger partial charge on any atom is 0.335 e. The molecule has 2 N–H and O–H groups in total. The van der Waals surface area contributed by atoms with E-state index >= 15 is 0 Å². The lowest BCUT2D eigenvalue weighted by molar-refractivity contribution is 0.0697. The maximum absolute atomic E-state index is 10.9. The van der Waals surface area contributed by atoms with E-state index in [1.165, 1.54) is 0 Å². The monoisotopic (exact) mass is 235 g/mol. The fourth-order valence-corrected chi connectivity index (χ4v) is 1.95. The van der Waals surface area contributed by atoms with Crippen molar-refractivity contribution in [3.8, 4) is 0 Å². The molecule has 0 amide bonds. The molecule has 1 aliphatic rings. The standard InChI is InChI=1S/C13H17NO3/c1-13(2)8-17-7-11(13)14-10-5-3-4-9(6-10)12(15)16/h3-6,11,14H,7-8H2,1-2H3,(H,15,16). The lowest BCUT2D eigenvalue weighted by Crippen LogP contribution is -2.34.